The van der Waals surface area contributed by atoms with E-state index in [0.29, 0.717) is 18.0 Å². The summed E-state index contributed by atoms with van der Waals surface area (Å²) >= 11 is 0. The highest BCUT2D eigenvalue weighted by molar-refractivity contribution is 5.19. The lowest BCUT2D eigenvalue weighted by molar-refractivity contribution is 0.516. The molecule has 0 radical (unpaired) electrons. The molecule has 1 saturated heterocycles. The third kappa shape index (κ3) is 1.80. The van der Waals surface area contributed by atoms with Crippen molar-refractivity contribution in [3.05, 3.63) is 30.1 Å². The van der Waals surface area contributed by atoms with E-state index in [2.05, 4.69) is 30.2 Å². The van der Waals surface area contributed by atoms with Crippen molar-refractivity contribution in [2.45, 2.75) is 44.7 Å². The highest BCUT2D eigenvalue weighted by atomic mass is 15.0. The molecule has 3 atom stereocenters. The third-order valence-corrected chi connectivity index (χ3v) is 3.14. The lowest BCUT2D eigenvalue weighted by Gasteiger charge is -2.17. The SMILES string of the molecule is CCC1NC(C)CC1c1cccnc1. The van der Waals surface area contributed by atoms with Crippen molar-refractivity contribution in [2.24, 2.45) is 0 Å². The minimum atomic E-state index is 0.634. The van der Waals surface area contributed by atoms with Gasteiger partial charge in [0.05, 0.1) is 0 Å². The van der Waals surface area contributed by atoms with Gasteiger partial charge in [0.15, 0.2) is 0 Å². The van der Waals surface area contributed by atoms with Crippen molar-refractivity contribution in [3.8, 4) is 0 Å². The topological polar surface area (TPSA) is 24.9 Å². The Hall–Kier alpha value is -0.890. The zero-order chi connectivity index (χ0) is 9.97. The average molecular weight is 190 g/mol. The normalized spacial score (nSPS) is 32.0. The van der Waals surface area contributed by atoms with Gasteiger partial charge in [0, 0.05) is 30.4 Å². The van der Waals surface area contributed by atoms with Crippen LogP contribution in [-0.4, -0.2) is 17.1 Å². The Labute approximate surface area is 85.7 Å². The number of aromatic nitrogens is 1. The van der Waals surface area contributed by atoms with Gasteiger partial charge in [-0.3, -0.25) is 4.98 Å². The second kappa shape index (κ2) is 4.09. The first-order valence-corrected chi connectivity index (χ1v) is 5.47. The van der Waals surface area contributed by atoms with Crippen LogP contribution in [0.15, 0.2) is 24.5 Å². The Bertz CT molecular complexity index is 284. The minimum absolute atomic E-state index is 0.634. The van der Waals surface area contributed by atoms with E-state index in [-0.39, 0.29) is 0 Å². The predicted molar refractivity (Wildman–Crippen MR) is 58.3 cm³/mol. The monoisotopic (exact) mass is 190 g/mol. The molecule has 1 fully saturated rings. The van der Waals surface area contributed by atoms with E-state index in [1.807, 2.05) is 18.5 Å². The molecule has 1 aromatic heterocycles. The van der Waals surface area contributed by atoms with E-state index >= 15 is 0 Å². The maximum Gasteiger partial charge on any atom is 0.0303 e. The van der Waals surface area contributed by atoms with Crippen molar-refractivity contribution < 1.29 is 0 Å². The largest absolute Gasteiger partial charge is 0.311 e. The van der Waals surface area contributed by atoms with Crippen molar-refractivity contribution in [1.29, 1.82) is 0 Å². The van der Waals surface area contributed by atoms with Crippen LogP contribution >= 0.6 is 0 Å². The number of nitrogens with zero attached hydrogens (tertiary/aromatic N) is 1. The number of nitrogens with one attached hydrogen (secondary N) is 1. The third-order valence-electron chi connectivity index (χ3n) is 3.14. The summed E-state index contributed by atoms with van der Waals surface area (Å²) < 4.78 is 0. The molecular formula is C12H18N2. The summed E-state index contributed by atoms with van der Waals surface area (Å²) in [5.41, 5.74) is 1.39. The Morgan fingerprint density at radius 2 is 2.43 bits per heavy atom. The summed E-state index contributed by atoms with van der Waals surface area (Å²) in [6.45, 7) is 4.51. The standard InChI is InChI=1S/C12H18N2/c1-3-12-11(7-9(2)14-12)10-5-4-6-13-8-10/h4-6,8-9,11-12,14H,3,7H2,1-2H3. The molecule has 3 unspecified atom stereocenters. The second-order valence-corrected chi connectivity index (χ2v) is 4.21. The predicted octanol–water partition coefficient (Wildman–Crippen LogP) is 2.33. The van der Waals surface area contributed by atoms with E-state index in [1.165, 1.54) is 18.4 Å². The molecule has 76 valence electrons. The summed E-state index contributed by atoms with van der Waals surface area (Å²) in [5.74, 6) is 0.656. The van der Waals surface area contributed by atoms with Gasteiger partial charge in [-0.2, -0.15) is 0 Å². The maximum absolute atomic E-state index is 4.20. The highest BCUT2D eigenvalue weighted by Crippen LogP contribution is 2.31. The van der Waals surface area contributed by atoms with Gasteiger partial charge in [-0.1, -0.05) is 13.0 Å². The number of rotatable bonds is 2. The van der Waals surface area contributed by atoms with Crippen molar-refractivity contribution in [2.75, 3.05) is 0 Å². The first-order chi connectivity index (χ1) is 6.81. The van der Waals surface area contributed by atoms with Gasteiger partial charge in [-0.15, -0.1) is 0 Å². The smallest absolute Gasteiger partial charge is 0.0303 e. The molecule has 1 aromatic rings. The van der Waals surface area contributed by atoms with Gasteiger partial charge in [-0.25, -0.2) is 0 Å². The van der Waals surface area contributed by atoms with Gasteiger partial charge in [0.1, 0.15) is 0 Å². The van der Waals surface area contributed by atoms with Crippen LogP contribution in [0.1, 0.15) is 38.2 Å². The summed E-state index contributed by atoms with van der Waals surface area (Å²) in [6.07, 6.45) is 6.29. The van der Waals surface area contributed by atoms with Crippen LogP contribution in [0.4, 0.5) is 0 Å². The lowest BCUT2D eigenvalue weighted by Crippen LogP contribution is -2.28. The van der Waals surface area contributed by atoms with E-state index < -0.39 is 0 Å². The molecule has 1 aliphatic rings. The first-order valence-electron chi connectivity index (χ1n) is 5.47. The summed E-state index contributed by atoms with van der Waals surface area (Å²) in [6, 6.07) is 5.50. The van der Waals surface area contributed by atoms with E-state index in [1.54, 1.807) is 0 Å². The van der Waals surface area contributed by atoms with Gasteiger partial charge >= 0.3 is 0 Å². The van der Waals surface area contributed by atoms with Crippen LogP contribution < -0.4 is 5.32 Å². The number of hydrogen-bond acceptors (Lipinski definition) is 2. The maximum atomic E-state index is 4.20. The van der Waals surface area contributed by atoms with Crippen molar-refractivity contribution >= 4 is 0 Å². The Kier molecular flexibility index (Phi) is 2.82. The van der Waals surface area contributed by atoms with Crippen LogP contribution in [0.3, 0.4) is 0 Å². The molecule has 0 saturated carbocycles. The Morgan fingerprint density at radius 3 is 3.07 bits per heavy atom. The molecule has 2 heteroatoms. The number of pyridine rings is 1. The molecular weight excluding hydrogens is 172 g/mol. The van der Waals surface area contributed by atoms with Crippen LogP contribution in [-0.2, 0) is 0 Å². The zero-order valence-corrected chi connectivity index (χ0v) is 8.90. The van der Waals surface area contributed by atoms with Gasteiger partial charge < -0.3 is 5.32 Å². The van der Waals surface area contributed by atoms with E-state index in [9.17, 15) is 0 Å². The fraction of sp³-hybridized carbons (Fsp3) is 0.583. The highest BCUT2D eigenvalue weighted by Gasteiger charge is 2.30. The summed E-state index contributed by atoms with van der Waals surface area (Å²) in [5, 5.41) is 3.62. The molecule has 0 spiro atoms. The lowest BCUT2D eigenvalue weighted by atomic mass is 9.91. The second-order valence-electron chi connectivity index (χ2n) is 4.21. The molecule has 2 heterocycles. The number of hydrogen-bond donors (Lipinski definition) is 1. The Balaban J connectivity index is 2.18. The van der Waals surface area contributed by atoms with Gasteiger partial charge in [0.2, 0.25) is 0 Å². The average Bonchev–Trinajstić information content (AvgIpc) is 2.61. The van der Waals surface area contributed by atoms with Crippen LogP contribution in [0.25, 0.3) is 0 Å². The van der Waals surface area contributed by atoms with Gasteiger partial charge in [0.25, 0.3) is 0 Å². The molecule has 2 rings (SSSR count). The fourth-order valence-electron chi connectivity index (χ4n) is 2.46. The fourth-order valence-corrected chi connectivity index (χ4v) is 2.46. The quantitative estimate of drug-likeness (QED) is 0.774. The molecule has 0 aromatic carbocycles. The minimum Gasteiger partial charge on any atom is -0.311 e. The molecule has 1 N–H and O–H groups in total. The molecule has 1 aliphatic heterocycles. The van der Waals surface area contributed by atoms with Crippen LogP contribution in [0.2, 0.25) is 0 Å². The molecule has 0 bridgehead atoms. The molecule has 0 aliphatic carbocycles. The molecule has 2 nitrogen and oxygen atoms in total. The van der Waals surface area contributed by atoms with Crippen LogP contribution in [0.5, 0.6) is 0 Å². The summed E-state index contributed by atoms with van der Waals surface area (Å²) in [7, 11) is 0. The molecule has 14 heavy (non-hydrogen) atoms. The molecule has 0 amide bonds. The van der Waals surface area contributed by atoms with E-state index in [0.717, 1.165) is 0 Å². The zero-order valence-electron chi connectivity index (χ0n) is 8.90. The first kappa shape index (κ1) is 9.66. The Morgan fingerprint density at radius 1 is 1.57 bits per heavy atom. The summed E-state index contributed by atoms with van der Waals surface area (Å²) in [4.78, 5) is 4.20. The van der Waals surface area contributed by atoms with Gasteiger partial charge in [-0.05, 0) is 31.4 Å². The van der Waals surface area contributed by atoms with Crippen molar-refractivity contribution in [1.82, 2.24) is 10.3 Å². The van der Waals surface area contributed by atoms with E-state index in [4.69, 9.17) is 0 Å². The van der Waals surface area contributed by atoms with Crippen LogP contribution in [0, 0.1) is 0 Å². The van der Waals surface area contributed by atoms with Crippen molar-refractivity contribution in [3.63, 3.8) is 0 Å².